The van der Waals surface area contributed by atoms with Crippen molar-refractivity contribution in [1.82, 2.24) is 0 Å². The third-order valence-electron chi connectivity index (χ3n) is 9.88. The van der Waals surface area contributed by atoms with Gasteiger partial charge in [-0.15, -0.1) is 0 Å². The number of nitrogens with zero attached hydrogens (tertiary/aromatic N) is 1. The summed E-state index contributed by atoms with van der Waals surface area (Å²) >= 11 is 0. The molecular weight excluding hydrogens is 638 g/mol. The van der Waals surface area contributed by atoms with Crippen LogP contribution in [0.2, 0.25) is 0 Å². The first-order chi connectivity index (χ1) is 24.6. The largest absolute Gasteiger partial charge is 0.465 e. The molecule has 51 heavy (non-hydrogen) atoms. The van der Waals surface area contributed by atoms with Crippen LogP contribution >= 0.6 is 0 Å². The Hall–Kier alpha value is -1.63. The van der Waals surface area contributed by atoms with Crippen LogP contribution in [0, 0.1) is 5.41 Å². The zero-order valence-electron chi connectivity index (χ0n) is 34.9. The second-order valence-electron chi connectivity index (χ2n) is 16.7. The molecule has 0 N–H and O–H groups in total. The fourth-order valence-corrected chi connectivity index (χ4v) is 6.93. The molecule has 0 unspecified atom stereocenters. The average molecular weight is 725 g/mol. The first kappa shape index (κ1) is 49.4. The van der Waals surface area contributed by atoms with Crippen LogP contribution in [0.15, 0.2) is 0 Å². The second-order valence-corrected chi connectivity index (χ2v) is 16.7. The van der Waals surface area contributed by atoms with Crippen LogP contribution in [0.4, 0.5) is 0 Å². The molecule has 0 spiro atoms. The van der Waals surface area contributed by atoms with Gasteiger partial charge in [-0.2, -0.15) is 0 Å². The summed E-state index contributed by atoms with van der Waals surface area (Å²) in [6, 6.07) is 0. The third kappa shape index (κ3) is 33.9. The van der Waals surface area contributed by atoms with Crippen molar-refractivity contribution < 1.29 is 33.1 Å². The lowest BCUT2D eigenvalue weighted by atomic mass is 9.89. The van der Waals surface area contributed by atoms with Crippen LogP contribution in [0.25, 0.3) is 0 Å². The Morgan fingerprint density at radius 1 is 0.373 bits per heavy atom. The van der Waals surface area contributed by atoms with Gasteiger partial charge in [0.15, 0.2) is 0 Å². The molecule has 0 aromatic heterocycles. The van der Waals surface area contributed by atoms with Crippen LogP contribution in [-0.2, 0) is 28.6 Å². The number of carbonyl (C=O) groups excluding carboxylic acids is 3. The van der Waals surface area contributed by atoms with Crippen LogP contribution in [-0.4, -0.2) is 69.9 Å². The Labute approximate surface area is 316 Å². The van der Waals surface area contributed by atoms with Crippen molar-refractivity contribution in [2.45, 2.75) is 213 Å². The molecule has 302 valence electrons. The van der Waals surface area contributed by atoms with Gasteiger partial charge >= 0.3 is 17.9 Å². The number of unbranched alkanes of at least 4 members (excludes halogenated alkanes) is 24. The van der Waals surface area contributed by atoms with E-state index >= 15 is 0 Å². The molecule has 0 aliphatic heterocycles. The summed E-state index contributed by atoms with van der Waals surface area (Å²) in [5.41, 5.74) is -0.811. The molecule has 0 saturated heterocycles. The lowest BCUT2D eigenvalue weighted by molar-refractivity contribution is -0.877. The van der Waals surface area contributed by atoms with E-state index in [1.165, 1.54) is 116 Å². The minimum absolute atomic E-state index is 0.0649. The number of quaternary nitrogens is 1. The van der Waals surface area contributed by atoms with Crippen molar-refractivity contribution in [3.63, 3.8) is 0 Å². The molecule has 0 rings (SSSR count). The fourth-order valence-electron chi connectivity index (χ4n) is 6.93. The van der Waals surface area contributed by atoms with Gasteiger partial charge in [-0.25, -0.2) is 0 Å². The molecule has 0 amide bonds. The van der Waals surface area contributed by atoms with Crippen molar-refractivity contribution >= 4 is 17.9 Å². The van der Waals surface area contributed by atoms with Gasteiger partial charge in [0.1, 0.15) is 25.2 Å². The highest BCUT2D eigenvalue weighted by Gasteiger charge is 2.41. The van der Waals surface area contributed by atoms with Gasteiger partial charge in [0, 0.05) is 19.3 Å². The Morgan fingerprint density at radius 3 is 0.804 bits per heavy atom. The fraction of sp³-hybridized carbons (Fsp3) is 0.932. The van der Waals surface area contributed by atoms with E-state index in [1.807, 2.05) is 0 Å². The minimum atomic E-state index is -0.811. The Balaban J connectivity index is 5.05. The number of hydrogen-bond acceptors (Lipinski definition) is 6. The molecule has 0 aliphatic rings. The van der Waals surface area contributed by atoms with Crippen molar-refractivity contribution in [1.29, 1.82) is 0 Å². The van der Waals surface area contributed by atoms with E-state index in [0.29, 0.717) is 30.3 Å². The molecule has 7 heteroatoms. The van der Waals surface area contributed by atoms with Gasteiger partial charge in [0.2, 0.25) is 0 Å². The van der Waals surface area contributed by atoms with E-state index in [-0.39, 0.29) is 37.7 Å². The SMILES string of the molecule is CCCCCCCCCCCC(=O)OCC(COC(=O)CCCCCCCCCCC)(COC(=O)CCCCCCCCCCC)C[N+](C)(C)C. The summed E-state index contributed by atoms with van der Waals surface area (Å²) in [6.45, 7) is 7.45. The average Bonchev–Trinajstić information content (AvgIpc) is 3.09. The molecule has 0 aliphatic carbocycles. The molecule has 7 nitrogen and oxygen atoms in total. The molecule has 0 atom stereocenters. The lowest BCUT2D eigenvalue weighted by Gasteiger charge is -2.38. The maximum atomic E-state index is 12.9. The zero-order valence-corrected chi connectivity index (χ0v) is 34.9. The molecule has 0 aromatic carbocycles. The minimum Gasteiger partial charge on any atom is -0.465 e. The molecule has 0 saturated carbocycles. The molecule has 0 heterocycles. The number of ether oxygens (including phenoxy) is 3. The standard InChI is InChI=1S/C44H86NO6/c1-7-10-13-16-19-22-25-28-31-34-41(46)49-38-44(37-45(4,5)6,39-50-42(47)35-32-29-26-23-20-17-14-11-8-2)40-51-43(48)36-33-30-27-24-21-18-15-12-9-3/h7-40H2,1-6H3/q+1. The van der Waals surface area contributed by atoms with Gasteiger partial charge in [-0.05, 0) is 19.3 Å². The van der Waals surface area contributed by atoms with Crippen molar-refractivity contribution in [3.8, 4) is 0 Å². The van der Waals surface area contributed by atoms with Crippen LogP contribution in [0.3, 0.4) is 0 Å². The van der Waals surface area contributed by atoms with Crippen molar-refractivity contribution in [3.05, 3.63) is 0 Å². The first-order valence-electron chi connectivity index (χ1n) is 21.8. The second kappa shape index (κ2) is 34.2. The quantitative estimate of drug-likeness (QED) is 0.0273. The van der Waals surface area contributed by atoms with E-state index in [1.54, 1.807) is 0 Å². The lowest BCUT2D eigenvalue weighted by Crippen LogP contribution is -2.52. The van der Waals surface area contributed by atoms with E-state index in [0.717, 1.165) is 57.8 Å². The first-order valence-corrected chi connectivity index (χ1v) is 21.8. The Bertz CT molecular complexity index is 730. The summed E-state index contributed by atoms with van der Waals surface area (Å²) in [5.74, 6) is -0.692. The van der Waals surface area contributed by atoms with Gasteiger partial charge in [-0.1, -0.05) is 175 Å². The van der Waals surface area contributed by atoms with Crippen molar-refractivity contribution in [2.24, 2.45) is 5.41 Å². The third-order valence-corrected chi connectivity index (χ3v) is 9.88. The van der Waals surface area contributed by atoms with Crippen LogP contribution in [0.5, 0.6) is 0 Å². The smallest absolute Gasteiger partial charge is 0.305 e. The van der Waals surface area contributed by atoms with Gasteiger partial charge < -0.3 is 18.7 Å². The summed E-state index contributed by atoms with van der Waals surface area (Å²) < 4.78 is 18.2. The van der Waals surface area contributed by atoms with E-state index < -0.39 is 5.41 Å². The highest BCUT2D eigenvalue weighted by Crippen LogP contribution is 2.25. The zero-order chi connectivity index (χ0) is 37.9. The maximum Gasteiger partial charge on any atom is 0.305 e. The normalized spacial score (nSPS) is 11.9. The van der Waals surface area contributed by atoms with E-state index in [9.17, 15) is 14.4 Å². The van der Waals surface area contributed by atoms with Crippen LogP contribution in [0.1, 0.15) is 213 Å². The predicted molar refractivity (Wildman–Crippen MR) is 214 cm³/mol. The number of rotatable bonds is 38. The number of esters is 3. The predicted octanol–water partition coefficient (Wildman–Crippen LogP) is 12.1. The Kier molecular flexibility index (Phi) is 33.1. The maximum absolute atomic E-state index is 12.9. The van der Waals surface area contributed by atoms with Gasteiger partial charge in [0.25, 0.3) is 0 Å². The number of hydrogen-bond donors (Lipinski definition) is 0. The number of carbonyl (C=O) groups is 3. The van der Waals surface area contributed by atoms with Crippen LogP contribution < -0.4 is 0 Å². The van der Waals surface area contributed by atoms with E-state index in [4.69, 9.17) is 14.2 Å². The van der Waals surface area contributed by atoms with E-state index in [2.05, 4.69) is 41.9 Å². The Morgan fingerprint density at radius 2 is 0.588 bits per heavy atom. The van der Waals surface area contributed by atoms with Gasteiger partial charge in [-0.3, -0.25) is 14.4 Å². The summed E-state index contributed by atoms with van der Waals surface area (Å²) in [5, 5.41) is 0. The summed E-state index contributed by atoms with van der Waals surface area (Å²) in [4.78, 5) is 38.7. The summed E-state index contributed by atoms with van der Waals surface area (Å²) in [7, 11) is 6.19. The highest BCUT2D eigenvalue weighted by molar-refractivity contribution is 5.70. The topological polar surface area (TPSA) is 78.9 Å². The highest BCUT2D eigenvalue weighted by atomic mass is 16.6. The monoisotopic (exact) mass is 725 g/mol. The summed E-state index contributed by atoms with van der Waals surface area (Å²) in [6.07, 6.45) is 33.2. The molecular formula is C44H86NO6+. The molecule has 0 bridgehead atoms. The molecule has 0 fully saturated rings. The molecule has 0 radical (unpaired) electrons. The molecule has 0 aromatic rings. The van der Waals surface area contributed by atoms with Gasteiger partial charge in [0.05, 0.1) is 27.7 Å². The van der Waals surface area contributed by atoms with Crippen molar-refractivity contribution in [2.75, 3.05) is 47.5 Å².